The van der Waals surface area contributed by atoms with Crippen molar-refractivity contribution in [2.24, 2.45) is 11.7 Å². The van der Waals surface area contributed by atoms with Crippen molar-refractivity contribution in [3.8, 4) is 0 Å². The lowest BCUT2D eigenvalue weighted by Crippen LogP contribution is -2.28. The number of hydrogen-bond donors (Lipinski definition) is 1. The first-order chi connectivity index (χ1) is 8.15. The summed E-state index contributed by atoms with van der Waals surface area (Å²) in [4.78, 5) is 0. The summed E-state index contributed by atoms with van der Waals surface area (Å²) in [6.45, 7) is 0. The number of halogens is 2. The highest BCUT2D eigenvalue weighted by molar-refractivity contribution is 5.18. The average molecular weight is 239 g/mol. The van der Waals surface area contributed by atoms with Crippen LogP contribution in [0.2, 0.25) is 0 Å². The number of aryl methyl sites for hydroxylation is 1. The van der Waals surface area contributed by atoms with Crippen LogP contribution >= 0.6 is 0 Å². The lowest BCUT2D eigenvalue weighted by atomic mass is 9.93. The maximum Gasteiger partial charge on any atom is 0.126 e. The molecule has 2 rings (SSSR count). The van der Waals surface area contributed by atoms with E-state index in [2.05, 4.69) is 0 Å². The number of benzene rings is 1. The summed E-state index contributed by atoms with van der Waals surface area (Å²) in [6.07, 6.45) is 6.43. The molecule has 0 saturated heterocycles. The molecule has 3 heteroatoms. The van der Waals surface area contributed by atoms with E-state index in [0.717, 1.165) is 12.5 Å². The maximum atomic E-state index is 13.0. The van der Waals surface area contributed by atoms with Gasteiger partial charge in [-0.15, -0.1) is 0 Å². The highest BCUT2D eigenvalue weighted by Crippen LogP contribution is 2.28. The fraction of sp³-hybridized carbons (Fsp3) is 0.571. The first-order valence-corrected chi connectivity index (χ1v) is 6.35. The largest absolute Gasteiger partial charge is 0.327 e. The molecule has 1 saturated carbocycles. The molecule has 0 amide bonds. The molecular formula is C14H19F2N. The van der Waals surface area contributed by atoms with Crippen LogP contribution in [0.25, 0.3) is 0 Å². The second kappa shape index (κ2) is 5.58. The van der Waals surface area contributed by atoms with Crippen molar-refractivity contribution in [2.45, 2.75) is 44.6 Å². The zero-order chi connectivity index (χ0) is 12.3. The van der Waals surface area contributed by atoms with E-state index in [-0.39, 0.29) is 6.04 Å². The van der Waals surface area contributed by atoms with Crippen molar-refractivity contribution >= 4 is 0 Å². The van der Waals surface area contributed by atoms with Gasteiger partial charge in [-0.05, 0) is 49.3 Å². The van der Waals surface area contributed by atoms with Gasteiger partial charge < -0.3 is 5.73 Å². The molecule has 2 N–H and O–H groups in total. The molecule has 1 aromatic carbocycles. The van der Waals surface area contributed by atoms with Gasteiger partial charge in [0.2, 0.25) is 0 Å². The zero-order valence-electron chi connectivity index (χ0n) is 9.96. The molecule has 1 atom stereocenters. The van der Waals surface area contributed by atoms with Crippen LogP contribution in [-0.4, -0.2) is 6.04 Å². The van der Waals surface area contributed by atoms with Gasteiger partial charge in [-0.25, -0.2) is 8.78 Å². The molecule has 0 bridgehead atoms. The van der Waals surface area contributed by atoms with Gasteiger partial charge in [-0.3, -0.25) is 0 Å². The summed E-state index contributed by atoms with van der Waals surface area (Å²) in [7, 11) is 0. The summed E-state index contributed by atoms with van der Waals surface area (Å²) in [5.74, 6) is -0.405. The van der Waals surface area contributed by atoms with E-state index in [1.54, 1.807) is 0 Å². The van der Waals surface area contributed by atoms with Crippen molar-refractivity contribution < 1.29 is 8.78 Å². The predicted molar refractivity (Wildman–Crippen MR) is 64.6 cm³/mol. The summed E-state index contributed by atoms with van der Waals surface area (Å²) < 4.78 is 26.0. The van der Waals surface area contributed by atoms with Gasteiger partial charge in [0.15, 0.2) is 0 Å². The quantitative estimate of drug-likeness (QED) is 0.856. The van der Waals surface area contributed by atoms with E-state index >= 15 is 0 Å². The SMILES string of the molecule is NC(CCc1cc(F)cc(F)c1)C1CCCC1. The minimum absolute atomic E-state index is 0.170. The first kappa shape index (κ1) is 12.5. The maximum absolute atomic E-state index is 13.0. The van der Waals surface area contributed by atoms with Crippen molar-refractivity contribution in [3.63, 3.8) is 0 Å². The van der Waals surface area contributed by atoms with Crippen molar-refractivity contribution in [1.29, 1.82) is 0 Å². The Morgan fingerprint density at radius 2 is 1.71 bits per heavy atom. The third-order valence-corrected chi connectivity index (χ3v) is 3.69. The molecule has 0 heterocycles. The summed E-state index contributed by atoms with van der Waals surface area (Å²) in [6, 6.07) is 3.86. The molecule has 0 aliphatic heterocycles. The van der Waals surface area contributed by atoms with Crippen molar-refractivity contribution in [2.75, 3.05) is 0 Å². The molecule has 1 fully saturated rings. The standard InChI is InChI=1S/C14H19F2N/c15-12-7-10(8-13(16)9-12)5-6-14(17)11-3-1-2-4-11/h7-9,11,14H,1-6,17H2. The van der Waals surface area contributed by atoms with Gasteiger partial charge in [-0.2, -0.15) is 0 Å². The molecule has 17 heavy (non-hydrogen) atoms. The average Bonchev–Trinajstić information content (AvgIpc) is 2.78. The molecule has 0 spiro atoms. The number of rotatable bonds is 4. The third kappa shape index (κ3) is 3.50. The molecule has 1 aromatic rings. The second-order valence-corrected chi connectivity index (χ2v) is 5.02. The Labute approximate surface area is 101 Å². The van der Waals surface area contributed by atoms with Crippen LogP contribution in [0.15, 0.2) is 18.2 Å². The second-order valence-electron chi connectivity index (χ2n) is 5.02. The highest BCUT2D eigenvalue weighted by atomic mass is 19.1. The van der Waals surface area contributed by atoms with Gasteiger partial charge in [-0.1, -0.05) is 12.8 Å². The van der Waals surface area contributed by atoms with Crippen LogP contribution in [0, 0.1) is 17.6 Å². The van der Waals surface area contributed by atoms with Crippen molar-refractivity contribution in [1.82, 2.24) is 0 Å². The van der Waals surface area contributed by atoms with Crippen LogP contribution in [0.3, 0.4) is 0 Å². The molecule has 94 valence electrons. The van der Waals surface area contributed by atoms with Gasteiger partial charge >= 0.3 is 0 Å². The van der Waals surface area contributed by atoms with Crippen molar-refractivity contribution in [3.05, 3.63) is 35.4 Å². The molecule has 1 unspecified atom stereocenters. The molecule has 1 aliphatic carbocycles. The van der Waals surface area contributed by atoms with E-state index in [1.807, 2.05) is 0 Å². The third-order valence-electron chi connectivity index (χ3n) is 3.69. The Hall–Kier alpha value is -0.960. The van der Waals surface area contributed by atoms with Gasteiger partial charge in [0.25, 0.3) is 0 Å². The van der Waals surface area contributed by atoms with Crippen LogP contribution in [-0.2, 0) is 6.42 Å². The fourth-order valence-electron chi connectivity index (χ4n) is 2.71. The van der Waals surface area contributed by atoms with E-state index < -0.39 is 11.6 Å². The first-order valence-electron chi connectivity index (χ1n) is 6.35. The van der Waals surface area contributed by atoms with Crippen LogP contribution < -0.4 is 5.73 Å². The molecule has 1 aliphatic rings. The van der Waals surface area contributed by atoms with Crippen LogP contribution in [0.5, 0.6) is 0 Å². The Balaban J connectivity index is 1.88. The van der Waals surface area contributed by atoms with Gasteiger partial charge in [0, 0.05) is 12.1 Å². The van der Waals surface area contributed by atoms with E-state index in [0.29, 0.717) is 17.9 Å². The Kier molecular flexibility index (Phi) is 4.11. The van der Waals surface area contributed by atoms with E-state index in [1.165, 1.54) is 37.8 Å². The number of nitrogens with two attached hydrogens (primary N) is 1. The fourth-order valence-corrected chi connectivity index (χ4v) is 2.71. The van der Waals surface area contributed by atoms with Gasteiger partial charge in [0.1, 0.15) is 11.6 Å². The Morgan fingerprint density at radius 1 is 1.12 bits per heavy atom. The lowest BCUT2D eigenvalue weighted by Gasteiger charge is -2.18. The van der Waals surface area contributed by atoms with Crippen LogP contribution in [0.1, 0.15) is 37.7 Å². The Bertz CT molecular complexity index is 352. The predicted octanol–water partition coefficient (Wildman–Crippen LogP) is 3.41. The summed E-state index contributed by atoms with van der Waals surface area (Å²) in [5.41, 5.74) is 6.82. The molecule has 1 nitrogen and oxygen atoms in total. The normalized spacial score (nSPS) is 18.5. The van der Waals surface area contributed by atoms with E-state index in [9.17, 15) is 8.78 Å². The van der Waals surface area contributed by atoms with Gasteiger partial charge in [0.05, 0.1) is 0 Å². The monoisotopic (exact) mass is 239 g/mol. The summed E-state index contributed by atoms with van der Waals surface area (Å²) >= 11 is 0. The highest BCUT2D eigenvalue weighted by Gasteiger charge is 2.21. The summed E-state index contributed by atoms with van der Waals surface area (Å²) in [5, 5.41) is 0. The Morgan fingerprint density at radius 3 is 2.29 bits per heavy atom. The molecule has 0 aromatic heterocycles. The molecule has 0 radical (unpaired) electrons. The topological polar surface area (TPSA) is 26.0 Å². The van der Waals surface area contributed by atoms with Crippen LogP contribution in [0.4, 0.5) is 8.78 Å². The zero-order valence-corrected chi connectivity index (χ0v) is 9.96. The van der Waals surface area contributed by atoms with E-state index in [4.69, 9.17) is 5.73 Å². The molecular weight excluding hydrogens is 220 g/mol. The number of hydrogen-bond acceptors (Lipinski definition) is 1. The minimum Gasteiger partial charge on any atom is -0.327 e. The minimum atomic E-state index is -0.505. The lowest BCUT2D eigenvalue weighted by molar-refractivity contribution is 0.409. The smallest absolute Gasteiger partial charge is 0.126 e.